The summed E-state index contributed by atoms with van der Waals surface area (Å²) in [4.78, 5) is 17.7. The third-order valence-electron chi connectivity index (χ3n) is 4.32. The minimum absolute atomic E-state index is 0.0624. The summed E-state index contributed by atoms with van der Waals surface area (Å²) in [6.45, 7) is 0. The van der Waals surface area contributed by atoms with Gasteiger partial charge in [-0.15, -0.1) is 11.8 Å². The maximum absolute atomic E-state index is 12.2. The van der Waals surface area contributed by atoms with Gasteiger partial charge in [-0.25, -0.2) is 0 Å². The molecule has 3 N–H and O–H groups in total. The van der Waals surface area contributed by atoms with E-state index >= 15 is 0 Å². The Morgan fingerprint density at radius 1 is 1.21 bits per heavy atom. The quantitative estimate of drug-likeness (QED) is 0.789. The zero-order valence-electron chi connectivity index (χ0n) is 13.7. The Morgan fingerprint density at radius 2 is 2.04 bits per heavy atom. The Kier molecular flexibility index (Phi) is 5.88. The molecule has 0 aliphatic heterocycles. The molecule has 0 unspecified atom stereocenters. The number of anilines is 1. The lowest BCUT2D eigenvalue weighted by molar-refractivity contribution is -0.119. The first-order chi connectivity index (χ1) is 11.7. The highest BCUT2D eigenvalue weighted by Crippen LogP contribution is 2.26. The van der Waals surface area contributed by atoms with Crippen molar-refractivity contribution in [2.75, 3.05) is 11.1 Å². The smallest absolute Gasteiger partial charge is 0.227 e. The Bertz CT molecular complexity index is 660. The van der Waals surface area contributed by atoms with Crippen molar-refractivity contribution in [2.24, 2.45) is 11.7 Å². The van der Waals surface area contributed by atoms with Crippen LogP contribution in [0.4, 0.5) is 5.69 Å². The van der Waals surface area contributed by atoms with Crippen LogP contribution in [0.15, 0.2) is 53.6 Å². The third kappa shape index (κ3) is 4.82. The van der Waals surface area contributed by atoms with Gasteiger partial charge in [0.1, 0.15) is 0 Å². The number of benzene rings is 1. The Morgan fingerprint density at radius 3 is 2.71 bits per heavy atom. The molecule has 2 aromatic rings. The van der Waals surface area contributed by atoms with Gasteiger partial charge in [0, 0.05) is 40.2 Å². The minimum atomic E-state index is 0.0624. The number of aromatic nitrogens is 1. The summed E-state index contributed by atoms with van der Waals surface area (Å²) in [5, 5.41) is 3.00. The van der Waals surface area contributed by atoms with E-state index in [0.29, 0.717) is 0 Å². The number of nitrogens with zero attached hydrogens (tertiary/aromatic N) is 1. The fraction of sp³-hybridized carbons (Fsp3) is 0.368. The minimum Gasteiger partial charge on any atom is -0.328 e. The zero-order chi connectivity index (χ0) is 16.8. The zero-order valence-corrected chi connectivity index (χ0v) is 14.5. The molecule has 0 bridgehead atoms. The number of nitrogens with two attached hydrogens (primary N) is 1. The van der Waals surface area contributed by atoms with Crippen LogP contribution in [0.5, 0.6) is 0 Å². The fourth-order valence-electron chi connectivity index (χ4n) is 2.95. The first-order valence-corrected chi connectivity index (χ1v) is 9.38. The fourth-order valence-corrected chi connectivity index (χ4v) is 3.83. The number of aryl methyl sites for hydroxylation is 1. The SMILES string of the molecule is N[C@@H]1CC[C@H](C(=O)Nc2ccc(SCCc3ccccn3)cc2)C1. The van der Waals surface area contributed by atoms with E-state index in [-0.39, 0.29) is 17.9 Å². The molecule has 0 spiro atoms. The Balaban J connectivity index is 1.45. The van der Waals surface area contributed by atoms with Crippen molar-refractivity contribution in [3.63, 3.8) is 0 Å². The number of thioether (sulfide) groups is 1. The Labute approximate surface area is 147 Å². The molecule has 3 rings (SSSR count). The maximum atomic E-state index is 12.2. The Hall–Kier alpha value is -1.85. The molecule has 1 aliphatic carbocycles. The van der Waals surface area contributed by atoms with Crippen molar-refractivity contribution < 1.29 is 4.79 Å². The van der Waals surface area contributed by atoms with Gasteiger partial charge in [-0.05, 0) is 62.1 Å². The predicted octanol–water partition coefficient (Wildman–Crippen LogP) is 3.48. The second-order valence-electron chi connectivity index (χ2n) is 6.20. The molecule has 2 atom stereocenters. The number of carbonyl (C=O) groups is 1. The second kappa shape index (κ2) is 8.31. The predicted molar refractivity (Wildman–Crippen MR) is 99.1 cm³/mol. The number of hydrogen-bond donors (Lipinski definition) is 2. The molecule has 1 aliphatic rings. The molecule has 1 saturated carbocycles. The van der Waals surface area contributed by atoms with Crippen LogP contribution in [-0.4, -0.2) is 22.7 Å². The van der Waals surface area contributed by atoms with Crippen LogP contribution in [0.25, 0.3) is 0 Å². The molecule has 1 heterocycles. The number of nitrogens with one attached hydrogen (secondary N) is 1. The van der Waals surface area contributed by atoms with Crippen LogP contribution < -0.4 is 11.1 Å². The molecule has 0 saturated heterocycles. The summed E-state index contributed by atoms with van der Waals surface area (Å²) in [7, 11) is 0. The van der Waals surface area contributed by atoms with E-state index in [1.54, 1.807) is 11.8 Å². The molecule has 1 aromatic heterocycles. The molecule has 24 heavy (non-hydrogen) atoms. The van der Waals surface area contributed by atoms with Crippen molar-refractivity contribution in [2.45, 2.75) is 36.6 Å². The molecule has 4 nitrogen and oxygen atoms in total. The molecule has 1 aromatic carbocycles. The first kappa shape index (κ1) is 17.0. The van der Waals surface area contributed by atoms with Crippen LogP contribution in [0, 0.1) is 5.92 Å². The molecule has 0 radical (unpaired) electrons. The van der Waals surface area contributed by atoms with Gasteiger partial charge in [0.2, 0.25) is 5.91 Å². The molecule has 1 fully saturated rings. The standard InChI is InChI=1S/C19H23N3OS/c20-15-5-4-14(13-15)19(23)22-17-6-8-18(9-7-17)24-12-10-16-3-1-2-11-21-16/h1-3,6-9,11,14-15H,4-5,10,12-13,20H2,(H,22,23)/t14-,15+/m0/s1. The lowest BCUT2D eigenvalue weighted by Crippen LogP contribution is -2.23. The molecule has 5 heteroatoms. The van der Waals surface area contributed by atoms with Crippen molar-refractivity contribution in [1.82, 2.24) is 4.98 Å². The number of amides is 1. The van der Waals surface area contributed by atoms with Gasteiger partial charge in [-0.3, -0.25) is 9.78 Å². The summed E-state index contributed by atoms with van der Waals surface area (Å²) in [6.07, 6.45) is 5.42. The lowest BCUT2D eigenvalue weighted by atomic mass is 10.1. The molecule has 1 amide bonds. The summed E-state index contributed by atoms with van der Waals surface area (Å²) < 4.78 is 0. The average Bonchev–Trinajstić information content (AvgIpc) is 3.04. The summed E-state index contributed by atoms with van der Waals surface area (Å²) in [5.74, 6) is 1.15. The van der Waals surface area contributed by atoms with E-state index < -0.39 is 0 Å². The van der Waals surface area contributed by atoms with E-state index in [4.69, 9.17) is 5.73 Å². The first-order valence-electron chi connectivity index (χ1n) is 8.40. The van der Waals surface area contributed by atoms with E-state index in [0.717, 1.165) is 42.8 Å². The van der Waals surface area contributed by atoms with E-state index in [2.05, 4.69) is 22.4 Å². The molecular formula is C19H23N3OS. The summed E-state index contributed by atoms with van der Waals surface area (Å²) >= 11 is 1.80. The van der Waals surface area contributed by atoms with Crippen molar-refractivity contribution in [3.05, 3.63) is 54.4 Å². The van der Waals surface area contributed by atoms with Crippen molar-refractivity contribution in [1.29, 1.82) is 0 Å². The molecule has 126 valence electrons. The van der Waals surface area contributed by atoms with Crippen LogP contribution >= 0.6 is 11.8 Å². The van der Waals surface area contributed by atoms with E-state index in [1.807, 2.05) is 36.5 Å². The molecular weight excluding hydrogens is 318 g/mol. The lowest BCUT2D eigenvalue weighted by Gasteiger charge is -2.11. The summed E-state index contributed by atoms with van der Waals surface area (Å²) in [6, 6.07) is 14.2. The third-order valence-corrected chi connectivity index (χ3v) is 5.33. The normalized spacial score (nSPS) is 20.0. The highest BCUT2D eigenvalue weighted by Gasteiger charge is 2.27. The van der Waals surface area contributed by atoms with Gasteiger partial charge in [-0.1, -0.05) is 6.07 Å². The second-order valence-corrected chi connectivity index (χ2v) is 7.37. The van der Waals surface area contributed by atoms with E-state index in [9.17, 15) is 4.79 Å². The highest BCUT2D eigenvalue weighted by molar-refractivity contribution is 7.99. The average molecular weight is 341 g/mol. The number of rotatable bonds is 6. The van der Waals surface area contributed by atoms with Gasteiger partial charge < -0.3 is 11.1 Å². The van der Waals surface area contributed by atoms with Crippen LogP contribution in [0.2, 0.25) is 0 Å². The monoisotopic (exact) mass is 341 g/mol. The number of hydrogen-bond acceptors (Lipinski definition) is 4. The highest BCUT2D eigenvalue weighted by atomic mass is 32.2. The van der Waals surface area contributed by atoms with Gasteiger partial charge in [0.05, 0.1) is 0 Å². The van der Waals surface area contributed by atoms with Crippen molar-refractivity contribution in [3.8, 4) is 0 Å². The number of carbonyl (C=O) groups excluding carboxylic acids is 1. The van der Waals surface area contributed by atoms with Gasteiger partial charge in [0.25, 0.3) is 0 Å². The van der Waals surface area contributed by atoms with Gasteiger partial charge in [0.15, 0.2) is 0 Å². The van der Waals surface area contributed by atoms with Gasteiger partial charge in [-0.2, -0.15) is 0 Å². The van der Waals surface area contributed by atoms with Crippen LogP contribution in [-0.2, 0) is 11.2 Å². The van der Waals surface area contributed by atoms with E-state index in [1.165, 1.54) is 4.90 Å². The van der Waals surface area contributed by atoms with Crippen molar-refractivity contribution >= 4 is 23.4 Å². The van der Waals surface area contributed by atoms with Crippen LogP contribution in [0.3, 0.4) is 0 Å². The van der Waals surface area contributed by atoms with Gasteiger partial charge >= 0.3 is 0 Å². The topological polar surface area (TPSA) is 68.0 Å². The maximum Gasteiger partial charge on any atom is 0.227 e. The number of pyridine rings is 1. The van der Waals surface area contributed by atoms with Crippen LogP contribution in [0.1, 0.15) is 25.0 Å². The largest absolute Gasteiger partial charge is 0.328 e. The summed E-state index contributed by atoms with van der Waals surface area (Å²) in [5.41, 5.74) is 7.85.